The van der Waals surface area contributed by atoms with Crippen LogP contribution in [0.5, 0.6) is 0 Å². The monoisotopic (exact) mass is 320 g/mol. The molecular formula is C16H14BrFO. The molecule has 0 aromatic heterocycles. The number of ketones is 1. The van der Waals surface area contributed by atoms with Crippen molar-refractivity contribution in [2.45, 2.75) is 20.3 Å². The predicted octanol–water partition coefficient (Wildman–Crippen LogP) is 4.63. The highest BCUT2D eigenvalue weighted by molar-refractivity contribution is 9.10. The molecule has 1 nitrogen and oxygen atoms in total. The number of Topliss-reactive ketones (excluding diaryl/α,β-unsaturated/α-hetero) is 1. The van der Waals surface area contributed by atoms with Crippen molar-refractivity contribution in [3.63, 3.8) is 0 Å². The van der Waals surface area contributed by atoms with Gasteiger partial charge in [0.15, 0.2) is 5.78 Å². The van der Waals surface area contributed by atoms with Crippen LogP contribution in [0.3, 0.4) is 0 Å². The summed E-state index contributed by atoms with van der Waals surface area (Å²) in [6, 6.07) is 10.1. The van der Waals surface area contributed by atoms with Crippen LogP contribution in [0.25, 0.3) is 0 Å². The summed E-state index contributed by atoms with van der Waals surface area (Å²) in [5.74, 6) is -0.273. The van der Waals surface area contributed by atoms with Gasteiger partial charge in [0.2, 0.25) is 0 Å². The lowest BCUT2D eigenvalue weighted by molar-refractivity contribution is 0.0992. The van der Waals surface area contributed by atoms with Crippen LogP contribution in [-0.2, 0) is 6.42 Å². The molecule has 19 heavy (non-hydrogen) atoms. The second-order valence-electron chi connectivity index (χ2n) is 4.63. The number of benzene rings is 2. The fourth-order valence-electron chi connectivity index (χ4n) is 1.85. The Hall–Kier alpha value is -1.48. The van der Waals surface area contributed by atoms with Gasteiger partial charge in [-0.05, 0) is 48.7 Å². The molecule has 0 aliphatic rings. The van der Waals surface area contributed by atoms with Crippen molar-refractivity contribution in [1.82, 2.24) is 0 Å². The van der Waals surface area contributed by atoms with Gasteiger partial charge in [-0.15, -0.1) is 0 Å². The van der Waals surface area contributed by atoms with Crippen LogP contribution in [0.4, 0.5) is 4.39 Å². The summed E-state index contributed by atoms with van der Waals surface area (Å²) >= 11 is 3.28. The highest BCUT2D eigenvalue weighted by atomic mass is 79.9. The van der Waals surface area contributed by atoms with E-state index in [4.69, 9.17) is 0 Å². The molecule has 0 unspecified atom stereocenters. The minimum absolute atomic E-state index is 0.0374. The van der Waals surface area contributed by atoms with Gasteiger partial charge in [-0.25, -0.2) is 4.39 Å². The van der Waals surface area contributed by atoms with Crippen LogP contribution in [0.1, 0.15) is 27.0 Å². The number of halogens is 2. The molecule has 0 radical (unpaired) electrons. The molecule has 98 valence electrons. The van der Waals surface area contributed by atoms with Gasteiger partial charge in [-0.1, -0.05) is 34.1 Å². The van der Waals surface area contributed by atoms with Crippen molar-refractivity contribution in [2.75, 3.05) is 0 Å². The number of rotatable bonds is 3. The van der Waals surface area contributed by atoms with Gasteiger partial charge in [-0.3, -0.25) is 4.79 Å². The van der Waals surface area contributed by atoms with Crippen molar-refractivity contribution in [2.24, 2.45) is 0 Å². The number of carbonyl (C=O) groups excluding carboxylic acids is 1. The number of aryl methyl sites for hydroxylation is 2. The molecule has 2 rings (SSSR count). The molecule has 0 bridgehead atoms. The lowest BCUT2D eigenvalue weighted by Gasteiger charge is -2.06. The summed E-state index contributed by atoms with van der Waals surface area (Å²) in [6.07, 6.45) is 0.267. The number of hydrogen-bond donors (Lipinski definition) is 0. The normalized spacial score (nSPS) is 10.5. The standard InChI is InChI=1S/C16H14BrFO/c1-10-3-4-13(7-11(10)2)16(19)8-12-5-6-14(18)9-15(12)17/h3-7,9H,8H2,1-2H3. The molecule has 0 aliphatic heterocycles. The minimum atomic E-state index is -0.311. The van der Waals surface area contributed by atoms with Gasteiger partial charge in [0.1, 0.15) is 5.82 Å². The Morgan fingerprint density at radius 2 is 1.84 bits per heavy atom. The van der Waals surface area contributed by atoms with Crippen molar-refractivity contribution in [1.29, 1.82) is 0 Å². The van der Waals surface area contributed by atoms with E-state index in [1.54, 1.807) is 6.07 Å². The van der Waals surface area contributed by atoms with Gasteiger partial charge < -0.3 is 0 Å². The maximum Gasteiger partial charge on any atom is 0.167 e. The molecule has 0 amide bonds. The van der Waals surface area contributed by atoms with Crippen LogP contribution < -0.4 is 0 Å². The van der Waals surface area contributed by atoms with Gasteiger partial charge in [0.25, 0.3) is 0 Å². The Bertz CT molecular complexity index is 635. The van der Waals surface area contributed by atoms with E-state index in [0.717, 1.165) is 11.1 Å². The predicted molar refractivity (Wildman–Crippen MR) is 78.1 cm³/mol. The van der Waals surface area contributed by atoms with Gasteiger partial charge >= 0.3 is 0 Å². The minimum Gasteiger partial charge on any atom is -0.294 e. The third-order valence-electron chi connectivity index (χ3n) is 3.20. The van der Waals surface area contributed by atoms with E-state index in [1.165, 1.54) is 17.7 Å². The Kier molecular flexibility index (Phi) is 4.15. The first-order valence-corrected chi connectivity index (χ1v) is 6.81. The zero-order valence-electron chi connectivity index (χ0n) is 10.8. The number of carbonyl (C=O) groups is 1. The molecule has 2 aromatic rings. The molecule has 3 heteroatoms. The number of hydrogen-bond acceptors (Lipinski definition) is 1. The third-order valence-corrected chi connectivity index (χ3v) is 3.93. The fraction of sp³-hybridized carbons (Fsp3) is 0.188. The average molecular weight is 321 g/mol. The Morgan fingerprint density at radius 3 is 2.47 bits per heavy atom. The molecular weight excluding hydrogens is 307 g/mol. The van der Waals surface area contributed by atoms with Crippen LogP contribution in [0, 0.1) is 19.7 Å². The van der Waals surface area contributed by atoms with E-state index in [1.807, 2.05) is 32.0 Å². The molecule has 0 saturated carbocycles. The van der Waals surface area contributed by atoms with Crippen molar-refractivity contribution in [3.8, 4) is 0 Å². The van der Waals surface area contributed by atoms with Gasteiger partial charge in [0, 0.05) is 16.5 Å². The quantitative estimate of drug-likeness (QED) is 0.753. The molecule has 0 atom stereocenters. The van der Waals surface area contributed by atoms with Gasteiger partial charge in [-0.2, -0.15) is 0 Å². The van der Waals surface area contributed by atoms with E-state index in [-0.39, 0.29) is 18.0 Å². The lowest BCUT2D eigenvalue weighted by atomic mass is 9.99. The van der Waals surface area contributed by atoms with Crippen LogP contribution in [-0.4, -0.2) is 5.78 Å². The average Bonchev–Trinajstić information content (AvgIpc) is 2.36. The van der Waals surface area contributed by atoms with Crippen LogP contribution >= 0.6 is 15.9 Å². The van der Waals surface area contributed by atoms with E-state index in [0.29, 0.717) is 10.0 Å². The summed E-state index contributed by atoms with van der Waals surface area (Å²) in [5, 5.41) is 0. The first-order chi connectivity index (χ1) is 8.97. The summed E-state index contributed by atoms with van der Waals surface area (Å²) in [7, 11) is 0. The Labute approximate surface area is 120 Å². The third kappa shape index (κ3) is 3.29. The first kappa shape index (κ1) is 13.9. The molecule has 0 saturated heterocycles. The zero-order valence-corrected chi connectivity index (χ0v) is 12.4. The van der Waals surface area contributed by atoms with Gasteiger partial charge in [0.05, 0.1) is 0 Å². The SMILES string of the molecule is Cc1ccc(C(=O)Cc2ccc(F)cc2Br)cc1C. The molecule has 0 N–H and O–H groups in total. The molecule has 0 heterocycles. The topological polar surface area (TPSA) is 17.1 Å². The van der Waals surface area contributed by atoms with Crippen molar-refractivity contribution < 1.29 is 9.18 Å². The first-order valence-electron chi connectivity index (χ1n) is 6.02. The van der Waals surface area contributed by atoms with E-state index in [2.05, 4.69) is 15.9 Å². The smallest absolute Gasteiger partial charge is 0.167 e. The van der Waals surface area contributed by atoms with Crippen LogP contribution in [0.15, 0.2) is 40.9 Å². The molecule has 0 aliphatic carbocycles. The van der Waals surface area contributed by atoms with E-state index >= 15 is 0 Å². The summed E-state index contributed by atoms with van der Waals surface area (Å²) in [5.41, 5.74) is 3.76. The second kappa shape index (κ2) is 5.66. The van der Waals surface area contributed by atoms with Crippen molar-refractivity contribution >= 4 is 21.7 Å². The van der Waals surface area contributed by atoms with Crippen molar-refractivity contribution in [3.05, 3.63) is 68.9 Å². The maximum atomic E-state index is 13.0. The second-order valence-corrected chi connectivity index (χ2v) is 5.49. The Balaban J connectivity index is 2.23. The summed E-state index contributed by atoms with van der Waals surface area (Å²) < 4.78 is 13.6. The summed E-state index contributed by atoms with van der Waals surface area (Å²) in [4.78, 5) is 12.2. The largest absolute Gasteiger partial charge is 0.294 e. The van der Waals surface area contributed by atoms with Crippen LogP contribution in [0.2, 0.25) is 0 Å². The van der Waals surface area contributed by atoms with E-state index < -0.39 is 0 Å². The summed E-state index contributed by atoms with van der Waals surface area (Å²) in [6.45, 7) is 4.00. The highest BCUT2D eigenvalue weighted by Crippen LogP contribution is 2.20. The maximum absolute atomic E-state index is 13.0. The highest BCUT2D eigenvalue weighted by Gasteiger charge is 2.10. The van der Waals surface area contributed by atoms with E-state index in [9.17, 15) is 9.18 Å². The molecule has 0 fully saturated rings. The molecule has 0 spiro atoms. The lowest BCUT2D eigenvalue weighted by Crippen LogP contribution is -2.05. The fourth-order valence-corrected chi connectivity index (χ4v) is 2.35. The molecule has 2 aromatic carbocycles. The zero-order chi connectivity index (χ0) is 14.0. The Morgan fingerprint density at radius 1 is 1.11 bits per heavy atom.